The van der Waals surface area contributed by atoms with Gasteiger partial charge in [0.1, 0.15) is 10.6 Å². The first-order chi connectivity index (χ1) is 12.6. The van der Waals surface area contributed by atoms with Gasteiger partial charge in [0.15, 0.2) is 25.4 Å². The van der Waals surface area contributed by atoms with Crippen molar-refractivity contribution in [3.63, 3.8) is 0 Å². The van der Waals surface area contributed by atoms with E-state index in [-0.39, 0.29) is 15.1 Å². The van der Waals surface area contributed by atoms with Crippen molar-refractivity contribution in [3.8, 4) is 11.5 Å². The molecule has 28 heavy (non-hydrogen) atoms. The number of aromatic hydroxyl groups is 1. The molecule has 0 amide bonds. The van der Waals surface area contributed by atoms with Crippen LogP contribution in [0.4, 0.5) is 13.2 Å². The Bertz CT molecular complexity index is 1130. The third-order valence-corrected chi connectivity index (χ3v) is 6.82. The van der Waals surface area contributed by atoms with E-state index in [0.717, 1.165) is 24.5 Å². The largest absolute Gasteiger partial charge is 0.573 e. The lowest BCUT2D eigenvalue weighted by atomic mass is 10.2. The summed E-state index contributed by atoms with van der Waals surface area (Å²) >= 11 is 8.77. The Kier molecular flexibility index (Phi) is 6.29. The van der Waals surface area contributed by atoms with Crippen LogP contribution >= 0.6 is 27.5 Å². The normalized spacial score (nSPS) is 12.8. The van der Waals surface area contributed by atoms with E-state index >= 15 is 0 Å². The quantitative estimate of drug-likeness (QED) is 0.634. The van der Waals surface area contributed by atoms with Gasteiger partial charge in [-0.3, -0.25) is 0 Å². The van der Waals surface area contributed by atoms with Crippen LogP contribution in [0.2, 0.25) is 5.02 Å². The number of rotatable bonds is 5. The van der Waals surface area contributed by atoms with Gasteiger partial charge in [0.05, 0.1) is 15.7 Å². The van der Waals surface area contributed by atoms with Gasteiger partial charge in [-0.05, 0) is 35.9 Å². The Morgan fingerprint density at radius 3 is 2.25 bits per heavy atom. The van der Waals surface area contributed by atoms with Gasteiger partial charge in [0, 0.05) is 10.7 Å². The van der Waals surface area contributed by atoms with Gasteiger partial charge in [-0.2, -0.15) is 0 Å². The van der Waals surface area contributed by atoms with Crippen LogP contribution in [0.3, 0.4) is 0 Å². The summed E-state index contributed by atoms with van der Waals surface area (Å²) in [5, 5.41) is 9.66. The van der Waals surface area contributed by atoms with Crippen molar-refractivity contribution < 1.29 is 39.9 Å². The van der Waals surface area contributed by atoms with Crippen molar-refractivity contribution in [2.24, 2.45) is 0 Å². The Morgan fingerprint density at radius 1 is 1.11 bits per heavy atom. The van der Waals surface area contributed by atoms with E-state index < -0.39 is 53.1 Å². The lowest BCUT2D eigenvalue weighted by Gasteiger charge is -2.13. The number of phenols is 1. The first-order valence-corrected chi connectivity index (χ1v) is 11.8. The summed E-state index contributed by atoms with van der Waals surface area (Å²) in [5.41, 5.74) is -0.294. The average molecular weight is 524 g/mol. The summed E-state index contributed by atoms with van der Waals surface area (Å²) in [6.45, 7) is 0. The highest BCUT2D eigenvalue weighted by Gasteiger charge is 2.32. The molecule has 0 atom stereocenters. The molecule has 0 fully saturated rings. The second kappa shape index (κ2) is 7.73. The average Bonchev–Trinajstić information content (AvgIpc) is 2.47. The van der Waals surface area contributed by atoms with Gasteiger partial charge in [-0.15, -0.1) is 13.2 Å². The van der Waals surface area contributed by atoms with Crippen LogP contribution in [0.25, 0.3) is 0 Å². The predicted molar refractivity (Wildman–Crippen MR) is 97.9 cm³/mol. The van der Waals surface area contributed by atoms with E-state index in [0.29, 0.717) is 6.07 Å². The van der Waals surface area contributed by atoms with Gasteiger partial charge in [-0.25, -0.2) is 16.8 Å². The maximum atomic E-state index is 12.6. The Labute approximate surface area is 171 Å². The molecule has 0 saturated carbocycles. The molecule has 0 unspecified atom stereocenters. The third-order valence-electron chi connectivity index (χ3n) is 3.29. The molecule has 0 radical (unpaired) electrons. The number of benzene rings is 2. The molecule has 0 aliphatic rings. The highest BCUT2D eigenvalue weighted by atomic mass is 79.9. The van der Waals surface area contributed by atoms with Gasteiger partial charge >= 0.3 is 6.36 Å². The van der Waals surface area contributed by atoms with Crippen molar-refractivity contribution in [3.05, 3.63) is 45.4 Å². The summed E-state index contributed by atoms with van der Waals surface area (Å²) in [4.78, 5) is -1.13. The van der Waals surface area contributed by atoms with Crippen molar-refractivity contribution in [1.29, 1.82) is 0 Å². The van der Waals surface area contributed by atoms with Gasteiger partial charge < -0.3 is 9.84 Å². The van der Waals surface area contributed by atoms with Crippen LogP contribution < -0.4 is 4.74 Å². The zero-order valence-corrected chi connectivity index (χ0v) is 17.8. The summed E-state index contributed by atoms with van der Waals surface area (Å²) in [5.74, 6) is -2.54. The second-order valence-corrected chi connectivity index (χ2v) is 10.9. The maximum Gasteiger partial charge on any atom is 0.573 e. The summed E-state index contributed by atoms with van der Waals surface area (Å²) in [6.07, 6.45) is -4.36. The molecule has 6 nitrogen and oxygen atoms in total. The van der Waals surface area contributed by atoms with E-state index in [1.165, 1.54) is 6.07 Å². The molecule has 0 heterocycles. The minimum absolute atomic E-state index is 0.236. The fourth-order valence-electron chi connectivity index (χ4n) is 2.20. The Morgan fingerprint density at radius 2 is 1.71 bits per heavy atom. The van der Waals surface area contributed by atoms with Crippen LogP contribution in [0, 0.1) is 0 Å². The van der Waals surface area contributed by atoms with Crippen LogP contribution in [-0.4, -0.2) is 34.6 Å². The lowest BCUT2D eigenvalue weighted by molar-refractivity contribution is -0.274. The fraction of sp³-hybridized carbons (Fsp3) is 0.200. The molecular weight excluding hydrogens is 513 g/mol. The van der Waals surface area contributed by atoms with Crippen LogP contribution in [0.1, 0.15) is 5.56 Å². The van der Waals surface area contributed by atoms with Crippen molar-refractivity contribution in [2.75, 3.05) is 6.26 Å². The first kappa shape index (κ1) is 22.8. The second-order valence-electron chi connectivity index (χ2n) is 5.63. The monoisotopic (exact) mass is 522 g/mol. The third kappa shape index (κ3) is 5.75. The molecule has 2 rings (SSSR count). The number of halogens is 5. The topological polar surface area (TPSA) is 97.7 Å². The molecule has 0 aromatic heterocycles. The molecular formula is C15H11BrClF3O6S2. The number of phenolic OH excluding ortho intramolecular Hbond substituents is 1. The molecule has 2 aromatic rings. The van der Waals surface area contributed by atoms with Crippen LogP contribution in [0.5, 0.6) is 11.5 Å². The van der Waals surface area contributed by atoms with E-state index in [9.17, 15) is 35.1 Å². The highest BCUT2D eigenvalue weighted by molar-refractivity contribution is 9.10. The molecule has 0 aliphatic carbocycles. The van der Waals surface area contributed by atoms with E-state index in [1.54, 1.807) is 0 Å². The van der Waals surface area contributed by atoms with Gasteiger partial charge in [0.25, 0.3) is 0 Å². The van der Waals surface area contributed by atoms with Crippen molar-refractivity contribution >= 4 is 47.2 Å². The molecule has 0 bridgehead atoms. The van der Waals surface area contributed by atoms with Crippen molar-refractivity contribution in [1.82, 2.24) is 0 Å². The van der Waals surface area contributed by atoms with E-state index in [4.69, 9.17) is 11.6 Å². The number of hydrogen-bond acceptors (Lipinski definition) is 6. The smallest absolute Gasteiger partial charge is 0.505 e. The molecule has 0 saturated heterocycles. The fourth-order valence-corrected chi connectivity index (χ4v) is 5.38. The molecule has 0 spiro atoms. The minimum Gasteiger partial charge on any atom is -0.505 e. The molecule has 0 aliphatic heterocycles. The zero-order chi connectivity index (χ0) is 21.5. The molecule has 1 N–H and O–H groups in total. The first-order valence-electron chi connectivity index (χ1n) is 7.09. The summed E-state index contributed by atoms with van der Waals surface area (Å²) < 4.78 is 90.2. The predicted octanol–water partition coefficient (Wildman–Crippen LogP) is 4.08. The lowest BCUT2D eigenvalue weighted by Crippen LogP contribution is -2.18. The number of sulfone groups is 2. The SMILES string of the molecule is CS(=O)(=O)c1cc(CS(=O)(=O)c2cc(Br)cc(Cl)c2O)cc(OC(F)(F)F)c1. The highest BCUT2D eigenvalue weighted by Crippen LogP contribution is 2.36. The number of alkyl halides is 3. The van der Waals surface area contributed by atoms with Crippen molar-refractivity contribution in [2.45, 2.75) is 21.9 Å². The summed E-state index contributed by atoms with van der Waals surface area (Å²) in [6, 6.07) is 4.59. The Hall–Kier alpha value is -1.50. The summed E-state index contributed by atoms with van der Waals surface area (Å²) in [7, 11) is -8.27. The molecule has 13 heteroatoms. The molecule has 2 aromatic carbocycles. The minimum atomic E-state index is -5.11. The van der Waals surface area contributed by atoms with Crippen LogP contribution in [0.15, 0.2) is 44.6 Å². The van der Waals surface area contributed by atoms with E-state index in [2.05, 4.69) is 20.7 Å². The number of ether oxygens (including phenoxy) is 1. The van der Waals surface area contributed by atoms with Gasteiger partial charge in [0.2, 0.25) is 0 Å². The Balaban J connectivity index is 2.57. The van der Waals surface area contributed by atoms with Gasteiger partial charge in [-0.1, -0.05) is 27.5 Å². The standard InChI is InChI=1S/C15H11BrClF3O6S2/c1-27(22,23)11-3-8(2-10(6-11)26-15(18,19)20)7-28(24,25)13-5-9(16)4-12(17)14(13)21/h2-6,21H,7H2,1H3. The van der Waals surface area contributed by atoms with Crippen LogP contribution in [-0.2, 0) is 25.4 Å². The number of hydrogen-bond donors (Lipinski definition) is 1. The molecule has 154 valence electrons. The van der Waals surface area contributed by atoms with E-state index in [1.807, 2.05) is 0 Å². The zero-order valence-electron chi connectivity index (χ0n) is 13.8. The maximum absolute atomic E-state index is 12.6.